The number of rotatable bonds is 14. The van der Waals surface area contributed by atoms with Gasteiger partial charge in [0.05, 0.1) is 4.75 Å². The van der Waals surface area contributed by atoms with Gasteiger partial charge in [-0.05, 0) is 50.8 Å². The molecule has 2 unspecified atom stereocenters. The fraction of sp³-hybridized carbons (Fsp3) is 0.414. The monoisotopic (exact) mass is 632 g/mol. The van der Waals surface area contributed by atoms with Gasteiger partial charge in [0.25, 0.3) is 26.9 Å². The summed E-state index contributed by atoms with van der Waals surface area (Å²) in [7, 11) is -8.61. The molecule has 2 amide bonds. The lowest BCUT2D eigenvalue weighted by atomic mass is 10.0. The Morgan fingerprint density at radius 2 is 1.79 bits per heavy atom. The molecule has 232 valence electrons. The largest absolute Gasteiger partial charge is 0.483 e. The van der Waals surface area contributed by atoms with E-state index < -0.39 is 60.2 Å². The summed E-state index contributed by atoms with van der Waals surface area (Å²) >= 11 is 0. The predicted octanol–water partition coefficient (Wildman–Crippen LogP) is 1.79. The molecule has 43 heavy (non-hydrogen) atoms. The van der Waals surface area contributed by atoms with Crippen LogP contribution in [-0.4, -0.2) is 68.4 Å². The van der Waals surface area contributed by atoms with E-state index in [1.54, 1.807) is 30.6 Å². The number of nitrogens with one attached hydrogen (secondary N) is 2. The average molecular weight is 633 g/mol. The molecule has 1 aliphatic heterocycles. The van der Waals surface area contributed by atoms with Gasteiger partial charge in [-0.25, -0.2) is 21.6 Å². The molecule has 1 saturated heterocycles. The number of nitrogens with two attached hydrogens (primary N) is 1. The van der Waals surface area contributed by atoms with E-state index >= 15 is 0 Å². The molecular formula is C29H36N4O8S2. The number of epoxide rings is 1. The Hall–Kier alpha value is -3.59. The Morgan fingerprint density at radius 3 is 2.49 bits per heavy atom. The molecule has 0 bridgehead atoms. The highest BCUT2D eigenvalue weighted by atomic mass is 32.2. The maximum Gasteiger partial charge on any atom is 0.282 e. The highest BCUT2D eigenvalue weighted by Crippen LogP contribution is 2.39. The average Bonchev–Trinajstić information content (AvgIpc) is 3.64. The Morgan fingerprint density at radius 1 is 1.07 bits per heavy atom. The third kappa shape index (κ3) is 7.32. The number of carbonyl (C=O) groups excluding carboxylic acids is 2. The van der Waals surface area contributed by atoms with Gasteiger partial charge >= 0.3 is 0 Å². The van der Waals surface area contributed by atoms with Crippen LogP contribution in [0.4, 0.5) is 0 Å². The van der Waals surface area contributed by atoms with Gasteiger partial charge < -0.3 is 14.8 Å². The maximum atomic E-state index is 13.3. The van der Waals surface area contributed by atoms with Crippen molar-refractivity contribution < 1.29 is 35.9 Å². The molecule has 12 nitrogen and oxygen atoms in total. The van der Waals surface area contributed by atoms with Crippen LogP contribution in [0.3, 0.4) is 0 Å². The number of nitrogens with zero attached hydrogens (tertiary/aromatic N) is 1. The lowest BCUT2D eigenvalue weighted by Crippen LogP contribution is -2.63. The zero-order valence-electron chi connectivity index (χ0n) is 24.1. The molecular weight excluding hydrogens is 596 g/mol. The van der Waals surface area contributed by atoms with Crippen LogP contribution in [-0.2, 0) is 40.6 Å². The number of hydrogen-bond acceptors (Lipinski definition) is 10. The highest BCUT2D eigenvalue weighted by molar-refractivity contribution is 7.92. The smallest absolute Gasteiger partial charge is 0.282 e. The molecule has 0 radical (unpaired) electrons. The van der Waals surface area contributed by atoms with Gasteiger partial charge in [0.1, 0.15) is 17.9 Å². The van der Waals surface area contributed by atoms with Crippen LogP contribution in [0.1, 0.15) is 38.7 Å². The minimum atomic E-state index is -4.62. The summed E-state index contributed by atoms with van der Waals surface area (Å²) < 4.78 is 62.3. The minimum absolute atomic E-state index is 0.342. The number of hydrogen-bond donors (Lipinski definition) is 3. The molecule has 2 heterocycles. The Labute approximate surface area is 251 Å². The number of fused-ring (bicyclic) bond motifs is 1. The van der Waals surface area contributed by atoms with Crippen LogP contribution in [0.2, 0.25) is 0 Å². The lowest BCUT2D eigenvalue weighted by molar-refractivity contribution is -0.129. The van der Waals surface area contributed by atoms with Gasteiger partial charge in [0.2, 0.25) is 0 Å². The summed E-state index contributed by atoms with van der Waals surface area (Å²) in [4.78, 5) is 30.2. The zero-order chi connectivity index (χ0) is 31.5. The summed E-state index contributed by atoms with van der Waals surface area (Å²) in [6, 6.07) is 14.9. The molecule has 0 saturated carbocycles. The first-order valence-corrected chi connectivity index (χ1v) is 17.0. The number of pyridine rings is 1. The van der Waals surface area contributed by atoms with Crippen molar-refractivity contribution in [3.8, 4) is 5.75 Å². The molecule has 0 spiro atoms. The first-order valence-electron chi connectivity index (χ1n) is 13.7. The summed E-state index contributed by atoms with van der Waals surface area (Å²) in [5, 5.41) is 1.63. The van der Waals surface area contributed by atoms with Crippen LogP contribution in [0.15, 0.2) is 67.0 Å². The number of ether oxygens (including phenoxy) is 2. The molecule has 4 N–H and O–H groups in total. The normalized spacial score (nSPS) is 19.4. The van der Waals surface area contributed by atoms with E-state index in [4.69, 9.17) is 15.2 Å². The van der Waals surface area contributed by atoms with Crippen LogP contribution < -0.4 is 20.5 Å². The third-order valence-electron chi connectivity index (χ3n) is 7.62. The molecule has 1 aliphatic rings. The Bertz CT molecular complexity index is 1690. The summed E-state index contributed by atoms with van der Waals surface area (Å²) in [5.41, 5.74) is 7.16. The van der Waals surface area contributed by atoms with E-state index in [2.05, 4.69) is 10.3 Å². The number of sulfonamides is 1. The van der Waals surface area contributed by atoms with E-state index in [9.17, 15) is 26.4 Å². The molecule has 14 heteroatoms. The summed E-state index contributed by atoms with van der Waals surface area (Å²) in [5.74, 6) is -1.75. The summed E-state index contributed by atoms with van der Waals surface area (Å²) in [6.07, 6.45) is 5.78. The lowest BCUT2D eigenvalue weighted by Gasteiger charge is -2.32. The van der Waals surface area contributed by atoms with Crippen molar-refractivity contribution >= 4 is 42.4 Å². The van der Waals surface area contributed by atoms with Crippen molar-refractivity contribution in [3.05, 3.63) is 72.6 Å². The fourth-order valence-electron chi connectivity index (χ4n) is 4.59. The van der Waals surface area contributed by atoms with Gasteiger partial charge in [-0.3, -0.25) is 20.3 Å². The maximum absolute atomic E-state index is 13.3. The number of aromatic nitrogens is 1. The molecule has 4 rings (SSSR count). The molecule has 1 fully saturated rings. The standard InChI is InChI=1S/C29H36N4O8S2/c1-28(2,42(3,36)37)26(32-25(34)19-40-23-14-9-13-21-18-31-17-16-22(21)23)27(35)33-43(38,39)29(30)24(41-29)15-8-7-12-20-10-5-4-6-11-20/h4-6,9-11,13-14,16-18,24,26H,7-8,12,15,19,30H2,1-3H3,(H,32,34)(H,33,35)/t24?,26-,29?/m1/s1. The Kier molecular flexibility index (Phi) is 9.45. The number of carbonyl (C=O) groups is 2. The van der Waals surface area contributed by atoms with Crippen molar-refractivity contribution in [2.24, 2.45) is 5.73 Å². The van der Waals surface area contributed by atoms with E-state index in [1.165, 1.54) is 13.8 Å². The van der Waals surface area contributed by atoms with Crippen molar-refractivity contribution in [2.75, 3.05) is 12.9 Å². The zero-order valence-corrected chi connectivity index (χ0v) is 25.8. The van der Waals surface area contributed by atoms with Gasteiger partial charge in [0, 0.05) is 29.4 Å². The molecule has 3 atom stereocenters. The second-order valence-corrected chi connectivity index (χ2v) is 15.5. The first-order chi connectivity index (χ1) is 20.2. The molecule has 1 aromatic heterocycles. The van der Waals surface area contributed by atoms with Crippen molar-refractivity contribution in [1.29, 1.82) is 0 Å². The first kappa shape index (κ1) is 32.3. The number of amides is 2. The van der Waals surface area contributed by atoms with Crippen LogP contribution in [0, 0.1) is 0 Å². The SMILES string of the molecule is CC(C)([C@H](NC(=O)COc1cccc2cnccc12)C(=O)NS(=O)(=O)C1(N)OC1CCCCc1ccccc1)S(C)(=O)=O. The van der Waals surface area contributed by atoms with Crippen LogP contribution >= 0.6 is 0 Å². The predicted molar refractivity (Wildman–Crippen MR) is 161 cm³/mol. The third-order valence-corrected chi connectivity index (χ3v) is 11.4. The quantitative estimate of drug-likeness (QED) is 0.175. The number of aryl methyl sites for hydroxylation is 1. The van der Waals surface area contributed by atoms with Crippen LogP contribution in [0.25, 0.3) is 10.8 Å². The Balaban J connectivity index is 1.40. The number of benzene rings is 2. The van der Waals surface area contributed by atoms with Gasteiger partial charge in [-0.1, -0.05) is 48.9 Å². The van der Waals surface area contributed by atoms with Crippen molar-refractivity contribution in [1.82, 2.24) is 15.0 Å². The summed E-state index contributed by atoms with van der Waals surface area (Å²) in [6.45, 7) is 1.84. The highest BCUT2D eigenvalue weighted by Gasteiger charge is 2.64. The van der Waals surface area contributed by atoms with E-state index in [0.717, 1.165) is 30.0 Å². The molecule has 3 aromatic rings. The second kappa shape index (κ2) is 12.6. The van der Waals surface area contributed by atoms with E-state index in [0.29, 0.717) is 24.0 Å². The van der Waals surface area contributed by atoms with Gasteiger partial charge in [-0.2, -0.15) is 0 Å². The van der Waals surface area contributed by atoms with Crippen LogP contribution in [0.5, 0.6) is 5.75 Å². The molecule has 0 aliphatic carbocycles. The fourth-order valence-corrected chi connectivity index (χ4v) is 6.44. The number of sulfone groups is 1. The van der Waals surface area contributed by atoms with Gasteiger partial charge in [0.15, 0.2) is 16.4 Å². The van der Waals surface area contributed by atoms with E-state index in [1.807, 2.05) is 41.1 Å². The van der Waals surface area contributed by atoms with E-state index in [-0.39, 0.29) is 0 Å². The van der Waals surface area contributed by atoms with Gasteiger partial charge in [-0.15, -0.1) is 0 Å². The molecule has 2 aromatic carbocycles. The number of unbranched alkanes of at least 4 members (excludes halogenated alkanes) is 1. The second-order valence-electron chi connectivity index (χ2n) is 11.0. The minimum Gasteiger partial charge on any atom is -0.483 e. The van der Waals surface area contributed by atoms with Crippen molar-refractivity contribution in [2.45, 2.75) is 61.5 Å². The van der Waals surface area contributed by atoms with Crippen molar-refractivity contribution in [3.63, 3.8) is 0 Å². The topological polar surface area (TPSA) is 187 Å².